The van der Waals surface area contributed by atoms with Crippen LogP contribution in [-0.4, -0.2) is 19.3 Å². The minimum Gasteiger partial charge on any atom is -0.371 e. The number of nitrogens with zero attached hydrogens (tertiary/aromatic N) is 1. The van der Waals surface area contributed by atoms with E-state index in [1.54, 1.807) is 0 Å². The highest BCUT2D eigenvalue weighted by Crippen LogP contribution is 2.45. The van der Waals surface area contributed by atoms with Crippen molar-refractivity contribution in [3.63, 3.8) is 0 Å². The van der Waals surface area contributed by atoms with Crippen molar-refractivity contribution in [3.05, 3.63) is 90.5 Å². The molecule has 0 aliphatic heterocycles. The maximum absolute atomic E-state index is 14.3. The van der Waals surface area contributed by atoms with Gasteiger partial charge in [-0.15, -0.1) is 0 Å². The third kappa shape index (κ3) is 4.34. The quantitative estimate of drug-likeness (QED) is 0.526. The minimum absolute atomic E-state index is 0.193. The summed E-state index contributed by atoms with van der Waals surface area (Å²) >= 11 is 0. The fourth-order valence-electron chi connectivity index (χ4n) is 3.51. The monoisotopic (exact) mass is 377 g/mol. The first-order chi connectivity index (χ1) is 13.0. The molecule has 27 heavy (non-hydrogen) atoms. The molecular formula is C24H28NOP. The Morgan fingerprint density at radius 1 is 0.815 bits per heavy atom. The zero-order chi connectivity index (χ0) is 19.3. The molecule has 0 saturated heterocycles. The van der Waals surface area contributed by atoms with Crippen LogP contribution in [0.4, 0.5) is 5.69 Å². The summed E-state index contributed by atoms with van der Waals surface area (Å²) in [7, 11) is -0.612. The molecule has 0 aliphatic carbocycles. The molecule has 1 unspecified atom stereocenters. The Balaban J connectivity index is 1.97. The summed E-state index contributed by atoms with van der Waals surface area (Å²) in [5.41, 5.74) is 2.42. The zero-order valence-corrected chi connectivity index (χ0v) is 17.3. The summed E-state index contributed by atoms with van der Waals surface area (Å²) in [4.78, 5) is 2.28. The number of hydrogen-bond donors (Lipinski definition) is 0. The van der Waals surface area contributed by atoms with Gasteiger partial charge in [0.05, 0.1) is 0 Å². The molecule has 3 aromatic carbocycles. The van der Waals surface area contributed by atoms with E-state index in [9.17, 15) is 4.57 Å². The second kappa shape index (κ2) is 8.59. The summed E-state index contributed by atoms with van der Waals surface area (Å²) in [6, 6.07) is 28.7. The normalized spacial score (nSPS) is 12.6. The molecule has 2 nitrogen and oxygen atoms in total. The highest BCUT2D eigenvalue weighted by atomic mass is 31.2. The van der Waals surface area contributed by atoms with Crippen molar-refractivity contribution >= 4 is 23.4 Å². The summed E-state index contributed by atoms with van der Waals surface area (Å²) in [6.45, 7) is 4.27. The second-order valence-corrected chi connectivity index (χ2v) is 9.98. The van der Waals surface area contributed by atoms with Crippen molar-refractivity contribution in [2.75, 3.05) is 18.1 Å². The van der Waals surface area contributed by atoms with Gasteiger partial charge in [0.2, 0.25) is 0 Å². The molecule has 0 radical (unpaired) electrons. The summed E-state index contributed by atoms with van der Waals surface area (Å²) in [5, 5.41) is 1.87. The van der Waals surface area contributed by atoms with E-state index in [4.69, 9.17) is 0 Å². The number of anilines is 1. The van der Waals surface area contributed by atoms with Gasteiger partial charge in [-0.25, -0.2) is 0 Å². The fourth-order valence-corrected chi connectivity index (χ4v) is 6.63. The predicted octanol–water partition coefficient (Wildman–Crippen LogP) is 5.22. The van der Waals surface area contributed by atoms with Crippen molar-refractivity contribution in [2.45, 2.75) is 26.3 Å². The van der Waals surface area contributed by atoms with E-state index in [-0.39, 0.29) is 6.04 Å². The van der Waals surface area contributed by atoms with Gasteiger partial charge in [0, 0.05) is 35.5 Å². The molecule has 0 aliphatic rings. The molecule has 0 N–H and O–H groups in total. The number of hydrogen-bond acceptors (Lipinski definition) is 2. The van der Waals surface area contributed by atoms with Crippen molar-refractivity contribution < 1.29 is 4.57 Å². The Morgan fingerprint density at radius 2 is 1.30 bits per heavy atom. The average Bonchev–Trinajstić information content (AvgIpc) is 2.73. The van der Waals surface area contributed by atoms with Crippen LogP contribution >= 0.6 is 7.14 Å². The van der Waals surface area contributed by atoms with E-state index in [0.717, 1.165) is 17.0 Å². The standard InChI is InChI=1S/C24H28NOP/c1-4-21(25(3)22-17-15-20(2)16-18-22)19-27(26,23-11-7-5-8-12-23)24-13-9-6-10-14-24/h5-18,21H,4,19H2,1-3H3. The molecule has 0 heterocycles. The van der Waals surface area contributed by atoms with Crippen LogP contribution in [0.25, 0.3) is 0 Å². The maximum atomic E-state index is 14.3. The lowest BCUT2D eigenvalue weighted by molar-refractivity contribution is 0.576. The van der Waals surface area contributed by atoms with Crippen LogP contribution in [0.5, 0.6) is 0 Å². The van der Waals surface area contributed by atoms with Crippen molar-refractivity contribution in [1.82, 2.24) is 0 Å². The Bertz CT molecular complexity index is 847. The SMILES string of the molecule is CCC(CP(=O)(c1ccccc1)c1ccccc1)N(C)c1ccc(C)cc1. The van der Waals surface area contributed by atoms with Gasteiger partial charge < -0.3 is 9.46 Å². The van der Waals surface area contributed by atoms with Crippen LogP contribution in [0.1, 0.15) is 18.9 Å². The molecule has 3 aromatic rings. The van der Waals surface area contributed by atoms with Gasteiger partial charge in [-0.3, -0.25) is 0 Å². The van der Waals surface area contributed by atoms with Crippen molar-refractivity contribution in [2.24, 2.45) is 0 Å². The maximum Gasteiger partial charge on any atom is 0.145 e. The molecule has 0 saturated carbocycles. The van der Waals surface area contributed by atoms with Gasteiger partial charge in [0.15, 0.2) is 0 Å². The third-order valence-corrected chi connectivity index (χ3v) is 8.47. The molecule has 140 valence electrons. The minimum atomic E-state index is -2.72. The fraction of sp³-hybridized carbons (Fsp3) is 0.250. The van der Waals surface area contributed by atoms with Gasteiger partial charge in [-0.05, 0) is 25.5 Å². The molecule has 0 amide bonds. The first-order valence-corrected chi connectivity index (χ1v) is 11.4. The van der Waals surface area contributed by atoms with Crippen LogP contribution in [0.2, 0.25) is 0 Å². The predicted molar refractivity (Wildman–Crippen MR) is 118 cm³/mol. The van der Waals surface area contributed by atoms with Crippen LogP contribution < -0.4 is 15.5 Å². The second-order valence-electron chi connectivity index (χ2n) is 7.10. The lowest BCUT2D eigenvalue weighted by Gasteiger charge is -2.33. The topological polar surface area (TPSA) is 20.3 Å². The Morgan fingerprint density at radius 3 is 1.74 bits per heavy atom. The summed E-state index contributed by atoms with van der Waals surface area (Å²) < 4.78 is 14.3. The summed E-state index contributed by atoms with van der Waals surface area (Å²) in [6.07, 6.45) is 1.57. The lowest BCUT2D eigenvalue weighted by atomic mass is 10.1. The lowest BCUT2D eigenvalue weighted by Crippen LogP contribution is -2.37. The van der Waals surface area contributed by atoms with Crippen LogP contribution in [-0.2, 0) is 4.57 Å². The Hall–Kier alpha value is -2.31. The smallest absolute Gasteiger partial charge is 0.145 e. The van der Waals surface area contributed by atoms with E-state index < -0.39 is 7.14 Å². The molecule has 0 fully saturated rings. The number of aryl methyl sites for hydroxylation is 1. The first kappa shape index (κ1) is 19.5. The zero-order valence-electron chi connectivity index (χ0n) is 16.4. The van der Waals surface area contributed by atoms with Gasteiger partial charge in [-0.1, -0.05) is 85.3 Å². The molecule has 0 bridgehead atoms. The molecular weight excluding hydrogens is 349 g/mol. The van der Waals surface area contributed by atoms with E-state index >= 15 is 0 Å². The van der Waals surface area contributed by atoms with E-state index in [1.807, 2.05) is 60.7 Å². The van der Waals surface area contributed by atoms with Crippen LogP contribution in [0, 0.1) is 6.92 Å². The van der Waals surface area contributed by atoms with Gasteiger partial charge in [0.1, 0.15) is 7.14 Å². The molecule has 0 aromatic heterocycles. The van der Waals surface area contributed by atoms with Crippen LogP contribution in [0.3, 0.4) is 0 Å². The Kier molecular flexibility index (Phi) is 6.19. The van der Waals surface area contributed by atoms with E-state index in [0.29, 0.717) is 6.16 Å². The first-order valence-electron chi connectivity index (χ1n) is 9.54. The third-order valence-electron chi connectivity index (χ3n) is 5.27. The van der Waals surface area contributed by atoms with Gasteiger partial charge in [-0.2, -0.15) is 0 Å². The molecule has 0 spiro atoms. The number of rotatable bonds is 7. The van der Waals surface area contributed by atoms with E-state index in [1.165, 1.54) is 11.3 Å². The average molecular weight is 377 g/mol. The van der Waals surface area contributed by atoms with E-state index in [2.05, 4.69) is 50.1 Å². The van der Waals surface area contributed by atoms with Gasteiger partial charge >= 0.3 is 0 Å². The molecule has 3 rings (SSSR count). The van der Waals surface area contributed by atoms with Gasteiger partial charge in [0.25, 0.3) is 0 Å². The highest BCUT2D eigenvalue weighted by Gasteiger charge is 2.31. The molecule has 3 heteroatoms. The number of benzene rings is 3. The van der Waals surface area contributed by atoms with Crippen LogP contribution in [0.15, 0.2) is 84.9 Å². The van der Waals surface area contributed by atoms with Crippen molar-refractivity contribution in [1.29, 1.82) is 0 Å². The van der Waals surface area contributed by atoms with Crippen molar-refractivity contribution in [3.8, 4) is 0 Å². The molecule has 1 atom stereocenters. The highest BCUT2D eigenvalue weighted by molar-refractivity contribution is 7.78. The summed E-state index contributed by atoms with van der Waals surface area (Å²) in [5.74, 6) is 0. The Labute approximate surface area is 163 Å². The largest absolute Gasteiger partial charge is 0.371 e.